The van der Waals surface area contributed by atoms with E-state index in [1.807, 2.05) is 0 Å². The lowest BCUT2D eigenvalue weighted by Crippen LogP contribution is -2.36. The minimum Gasteiger partial charge on any atom is -0.508 e. The van der Waals surface area contributed by atoms with E-state index in [-0.39, 0.29) is 30.2 Å². The highest BCUT2D eigenvalue weighted by Crippen LogP contribution is 2.39. The first-order valence-electron chi connectivity index (χ1n) is 9.51. The third-order valence-corrected chi connectivity index (χ3v) is 4.93. The van der Waals surface area contributed by atoms with Gasteiger partial charge in [0.1, 0.15) is 17.3 Å². The van der Waals surface area contributed by atoms with Gasteiger partial charge in [0.25, 0.3) is 11.7 Å². The molecule has 0 aromatic heterocycles. The summed E-state index contributed by atoms with van der Waals surface area (Å²) in [5.41, 5.74) is 0.957. The van der Waals surface area contributed by atoms with Gasteiger partial charge in [-0.15, -0.1) is 0 Å². The van der Waals surface area contributed by atoms with Gasteiger partial charge in [-0.05, 0) is 42.0 Å². The van der Waals surface area contributed by atoms with Crippen LogP contribution in [0, 0.1) is 0 Å². The van der Waals surface area contributed by atoms with Crippen molar-refractivity contribution in [2.24, 2.45) is 0 Å². The molecule has 1 aliphatic rings. The summed E-state index contributed by atoms with van der Waals surface area (Å²) in [6.07, 6.45) is 0. The number of phenols is 1. The van der Waals surface area contributed by atoms with Gasteiger partial charge in [0.05, 0.1) is 25.3 Å². The largest absolute Gasteiger partial charge is 0.508 e. The molecule has 158 valence electrons. The van der Waals surface area contributed by atoms with Gasteiger partial charge in [0, 0.05) is 25.2 Å². The minimum absolute atomic E-state index is 0.0157. The molecule has 2 aromatic rings. The van der Waals surface area contributed by atoms with Gasteiger partial charge >= 0.3 is 0 Å². The van der Waals surface area contributed by atoms with E-state index in [2.05, 4.69) is 5.32 Å². The van der Waals surface area contributed by atoms with Crippen LogP contribution in [-0.2, 0) is 9.59 Å². The second kappa shape index (κ2) is 9.43. The number of carbonyl (C=O) groups excluding carboxylic acids is 2. The normalized spacial score (nSPS) is 18.1. The number of ether oxygens (including phenoxy) is 1. The summed E-state index contributed by atoms with van der Waals surface area (Å²) in [7, 11) is 1.52. The SMILES string of the molecule is COc1ccc(C(O)=C2C(=O)C(=O)N(CCNCCO)[C@@H]2c2ccc(O)cc2)cc1. The highest BCUT2D eigenvalue weighted by atomic mass is 16.5. The fourth-order valence-corrected chi connectivity index (χ4v) is 3.42. The van der Waals surface area contributed by atoms with Crippen molar-refractivity contribution in [3.8, 4) is 11.5 Å². The molecule has 1 saturated heterocycles. The number of methoxy groups -OCH3 is 1. The maximum Gasteiger partial charge on any atom is 0.295 e. The average molecular weight is 412 g/mol. The number of Topliss-reactive ketones (excluding diaryl/α,β-unsaturated/α-hetero) is 1. The third-order valence-electron chi connectivity index (χ3n) is 4.93. The highest BCUT2D eigenvalue weighted by Gasteiger charge is 2.45. The van der Waals surface area contributed by atoms with Crippen LogP contribution in [-0.4, -0.2) is 65.3 Å². The molecule has 2 aromatic carbocycles. The smallest absolute Gasteiger partial charge is 0.295 e. The number of nitrogens with zero attached hydrogens (tertiary/aromatic N) is 1. The van der Waals surface area contributed by atoms with Crippen molar-refractivity contribution in [2.75, 3.05) is 33.4 Å². The lowest BCUT2D eigenvalue weighted by molar-refractivity contribution is -0.139. The lowest BCUT2D eigenvalue weighted by Gasteiger charge is -2.25. The summed E-state index contributed by atoms with van der Waals surface area (Å²) < 4.78 is 5.12. The first kappa shape index (κ1) is 21.4. The van der Waals surface area contributed by atoms with Crippen molar-refractivity contribution in [3.63, 3.8) is 0 Å². The predicted octanol–water partition coefficient (Wildman–Crippen LogP) is 1.40. The van der Waals surface area contributed by atoms with Crippen molar-refractivity contribution in [1.82, 2.24) is 10.2 Å². The third kappa shape index (κ3) is 4.29. The summed E-state index contributed by atoms with van der Waals surface area (Å²) in [6.45, 7) is 0.886. The van der Waals surface area contributed by atoms with Crippen molar-refractivity contribution in [2.45, 2.75) is 6.04 Å². The van der Waals surface area contributed by atoms with Crippen molar-refractivity contribution >= 4 is 17.4 Å². The monoisotopic (exact) mass is 412 g/mol. The van der Waals surface area contributed by atoms with Crippen LogP contribution < -0.4 is 10.1 Å². The summed E-state index contributed by atoms with van der Waals surface area (Å²) in [6, 6.07) is 11.9. The molecule has 0 radical (unpaired) electrons. The molecule has 0 unspecified atom stereocenters. The fraction of sp³-hybridized carbons (Fsp3) is 0.273. The summed E-state index contributed by atoms with van der Waals surface area (Å²) >= 11 is 0. The molecule has 0 aliphatic carbocycles. The summed E-state index contributed by atoms with van der Waals surface area (Å²) in [4.78, 5) is 27.0. The van der Waals surface area contributed by atoms with Crippen LogP contribution in [0.4, 0.5) is 0 Å². The first-order chi connectivity index (χ1) is 14.5. The van der Waals surface area contributed by atoms with Crippen LogP contribution in [0.25, 0.3) is 5.76 Å². The van der Waals surface area contributed by atoms with Gasteiger partial charge in [-0.1, -0.05) is 12.1 Å². The van der Waals surface area contributed by atoms with E-state index in [9.17, 15) is 19.8 Å². The van der Waals surface area contributed by atoms with E-state index in [1.54, 1.807) is 36.4 Å². The van der Waals surface area contributed by atoms with Crippen LogP contribution in [0.3, 0.4) is 0 Å². The van der Waals surface area contributed by atoms with Crippen LogP contribution in [0.2, 0.25) is 0 Å². The molecule has 1 aliphatic heterocycles. The molecule has 0 saturated carbocycles. The van der Waals surface area contributed by atoms with E-state index >= 15 is 0 Å². The Kier molecular flexibility index (Phi) is 6.71. The van der Waals surface area contributed by atoms with Crippen LogP contribution >= 0.6 is 0 Å². The zero-order valence-corrected chi connectivity index (χ0v) is 16.5. The highest BCUT2D eigenvalue weighted by molar-refractivity contribution is 6.46. The Labute approximate surface area is 174 Å². The Bertz CT molecular complexity index is 937. The molecular weight excluding hydrogens is 388 g/mol. The second-order valence-electron chi connectivity index (χ2n) is 6.79. The number of aliphatic hydroxyl groups is 2. The fourth-order valence-electron chi connectivity index (χ4n) is 3.42. The molecule has 8 nitrogen and oxygen atoms in total. The number of ketones is 1. The maximum absolute atomic E-state index is 12.8. The Morgan fingerprint density at radius 2 is 1.73 bits per heavy atom. The Balaban J connectivity index is 2.04. The van der Waals surface area contributed by atoms with Crippen molar-refractivity contribution < 1.29 is 29.6 Å². The van der Waals surface area contributed by atoms with E-state index in [1.165, 1.54) is 24.1 Å². The molecule has 3 rings (SSSR count). The number of nitrogens with one attached hydrogen (secondary N) is 1. The number of benzene rings is 2. The zero-order valence-electron chi connectivity index (χ0n) is 16.5. The number of likely N-dealkylation sites (tertiary alicyclic amines) is 1. The van der Waals surface area contributed by atoms with Gasteiger partial charge in [-0.3, -0.25) is 9.59 Å². The summed E-state index contributed by atoms with van der Waals surface area (Å²) in [5.74, 6) is -1.12. The van der Waals surface area contributed by atoms with Crippen molar-refractivity contribution in [1.29, 1.82) is 0 Å². The molecule has 1 amide bonds. The van der Waals surface area contributed by atoms with E-state index in [4.69, 9.17) is 9.84 Å². The number of amides is 1. The maximum atomic E-state index is 12.8. The molecule has 4 N–H and O–H groups in total. The average Bonchev–Trinajstić information content (AvgIpc) is 3.01. The van der Waals surface area contributed by atoms with Gasteiger partial charge in [-0.2, -0.15) is 0 Å². The number of hydrogen-bond acceptors (Lipinski definition) is 7. The number of aromatic hydroxyl groups is 1. The van der Waals surface area contributed by atoms with Gasteiger partial charge in [-0.25, -0.2) is 0 Å². The number of carbonyl (C=O) groups is 2. The van der Waals surface area contributed by atoms with Gasteiger partial charge in [0.15, 0.2) is 0 Å². The standard InChI is InChI=1S/C22H24N2O6/c1-30-17-8-4-15(5-9-17)20(27)18-19(14-2-6-16(26)7-3-14)24(22(29)21(18)28)12-10-23-11-13-25/h2-9,19,23,25-27H,10-13H2,1H3/t19-/m1/s1. The van der Waals surface area contributed by atoms with E-state index in [0.717, 1.165) is 0 Å². The number of phenolic OH excluding ortho intramolecular Hbond substituents is 1. The Hall–Kier alpha value is -3.36. The van der Waals surface area contributed by atoms with Crippen LogP contribution in [0.1, 0.15) is 17.2 Å². The van der Waals surface area contributed by atoms with Crippen molar-refractivity contribution in [3.05, 3.63) is 65.2 Å². The molecular formula is C22H24N2O6. The van der Waals surface area contributed by atoms with Gasteiger partial charge < -0.3 is 30.3 Å². The lowest BCUT2D eigenvalue weighted by atomic mass is 9.95. The molecule has 8 heteroatoms. The van der Waals surface area contributed by atoms with Crippen LogP contribution in [0.5, 0.6) is 11.5 Å². The Morgan fingerprint density at radius 3 is 2.33 bits per heavy atom. The van der Waals surface area contributed by atoms with Gasteiger partial charge in [0.2, 0.25) is 0 Å². The molecule has 1 atom stereocenters. The summed E-state index contributed by atoms with van der Waals surface area (Å²) in [5, 5.41) is 32.4. The minimum atomic E-state index is -0.802. The molecule has 1 heterocycles. The molecule has 30 heavy (non-hydrogen) atoms. The van der Waals surface area contributed by atoms with E-state index < -0.39 is 17.7 Å². The predicted molar refractivity (Wildman–Crippen MR) is 110 cm³/mol. The molecule has 0 spiro atoms. The second-order valence-corrected chi connectivity index (χ2v) is 6.79. The number of hydrogen-bond donors (Lipinski definition) is 4. The number of rotatable bonds is 8. The van der Waals surface area contributed by atoms with Crippen LogP contribution in [0.15, 0.2) is 54.1 Å². The number of aliphatic hydroxyl groups excluding tert-OH is 2. The molecule has 0 bridgehead atoms. The zero-order chi connectivity index (χ0) is 21.7. The molecule has 1 fully saturated rings. The first-order valence-corrected chi connectivity index (χ1v) is 9.51. The quantitative estimate of drug-likeness (QED) is 0.224. The Morgan fingerprint density at radius 1 is 1.07 bits per heavy atom. The topological polar surface area (TPSA) is 119 Å². The van der Waals surface area contributed by atoms with E-state index in [0.29, 0.717) is 30.0 Å².